The molecule has 1 aromatic carbocycles. The Labute approximate surface area is 231 Å². The smallest absolute Gasteiger partial charge is 0.223 e. The van der Waals surface area contributed by atoms with Gasteiger partial charge in [0.05, 0.1) is 35.9 Å². The number of rotatable bonds is 14. The Balaban J connectivity index is 1.74. The number of carbonyl (C=O) groups is 2. The van der Waals surface area contributed by atoms with E-state index < -0.39 is 18.2 Å². The average Bonchev–Trinajstić information content (AvgIpc) is 3.43. The van der Waals surface area contributed by atoms with Crippen LogP contribution >= 0.6 is 11.3 Å². The lowest BCUT2D eigenvalue weighted by molar-refractivity contribution is -0.142. The maximum Gasteiger partial charge on any atom is 0.223 e. The number of aliphatic hydroxyl groups excluding tert-OH is 2. The van der Waals surface area contributed by atoms with Crippen LogP contribution in [-0.2, 0) is 16.1 Å². The topological polar surface area (TPSA) is 103 Å². The van der Waals surface area contributed by atoms with Gasteiger partial charge in [0, 0.05) is 18.2 Å². The molecule has 0 bridgehead atoms. The average molecular weight is 544 g/mol. The van der Waals surface area contributed by atoms with Gasteiger partial charge in [0.2, 0.25) is 11.8 Å². The summed E-state index contributed by atoms with van der Waals surface area (Å²) in [6, 6.07) is 9.04. The van der Waals surface area contributed by atoms with Gasteiger partial charge in [0.15, 0.2) is 0 Å². The molecule has 3 N–H and O–H groups in total. The minimum Gasteiger partial charge on any atom is -0.390 e. The van der Waals surface area contributed by atoms with Gasteiger partial charge in [-0.05, 0) is 37.2 Å². The fourth-order valence-electron chi connectivity index (χ4n) is 5.48. The van der Waals surface area contributed by atoms with Crippen LogP contribution in [0.2, 0.25) is 0 Å². The zero-order valence-electron chi connectivity index (χ0n) is 23.1. The van der Waals surface area contributed by atoms with Crippen LogP contribution in [0, 0.1) is 11.8 Å². The number of aromatic nitrogens is 1. The summed E-state index contributed by atoms with van der Waals surface area (Å²) in [5, 5.41) is 27.2. The van der Waals surface area contributed by atoms with E-state index in [1.54, 1.807) is 10.4 Å². The molecule has 1 aromatic heterocycles. The summed E-state index contributed by atoms with van der Waals surface area (Å²) in [7, 11) is 0. The fraction of sp³-hybridized carbons (Fsp3) is 0.633. The molecule has 4 atom stereocenters. The Hall–Kier alpha value is -2.29. The van der Waals surface area contributed by atoms with Gasteiger partial charge in [0.1, 0.15) is 6.10 Å². The van der Waals surface area contributed by atoms with E-state index in [-0.39, 0.29) is 43.2 Å². The number of nitrogens with zero attached hydrogens (tertiary/aromatic N) is 2. The summed E-state index contributed by atoms with van der Waals surface area (Å²) in [6.45, 7) is 6.21. The highest BCUT2D eigenvalue weighted by Gasteiger charge is 2.36. The predicted molar refractivity (Wildman–Crippen MR) is 151 cm³/mol. The molecular weight excluding hydrogens is 498 g/mol. The normalized spacial score (nSPS) is 17.5. The van der Waals surface area contributed by atoms with E-state index in [1.807, 2.05) is 56.5 Å². The van der Waals surface area contributed by atoms with Crippen LogP contribution in [0.4, 0.5) is 0 Å². The van der Waals surface area contributed by atoms with Gasteiger partial charge in [0.25, 0.3) is 0 Å². The molecule has 3 rings (SSSR count). The molecular formula is C30H45N3O4S. The molecule has 38 heavy (non-hydrogen) atoms. The van der Waals surface area contributed by atoms with Crippen LogP contribution in [0.1, 0.15) is 95.9 Å². The summed E-state index contributed by atoms with van der Waals surface area (Å²) in [4.78, 5) is 32.5. The molecule has 8 heteroatoms. The minimum absolute atomic E-state index is 0.0334. The van der Waals surface area contributed by atoms with Crippen molar-refractivity contribution in [1.29, 1.82) is 0 Å². The molecule has 0 radical (unpaired) electrons. The van der Waals surface area contributed by atoms with Gasteiger partial charge in [-0.15, -0.1) is 11.3 Å². The summed E-state index contributed by atoms with van der Waals surface area (Å²) >= 11 is 1.46. The van der Waals surface area contributed by atoms with Crippen molar-refractivity contribution in [2.24, 2.45) is 11.8 Å². The Morgan fingerprint density at radius 1 is 1.08 bits per heavy atom. The predicted octanol–water partition coefficient (Wildman–Crippen LogP) is 5.24. The first-order valence-corrected chi connectivity index (χ1v) is 15.1. The lowest BCUT2D eigenvalue weighted by atomic mass is 9.81. The van der Waals surface area contributed by atoms with Gasteiger partial charge in [-0.3, -0.25) is 9.59 Å². The summed E-state index contributed by atoms with van der Waals surface area (Å²) in [5.74, 6) is 0.230. The highest BCUT2D eigenvalue weighted by molar-refractivity contribution is 7.07. The lowest BCUT2D eigenvalue weighted by Crippen LogP contribution is -2.52. The second kappa shape index (κ2) is 15.3. The zero-order valence-corrected chi connectivity index (χ0v) is 23.9. The first-order chi connectivity index (χ1) is 18.2. The van der Waals surface area contributed by atoms with E-state index in [9.17, 15) is 19.8 Å². The first kappa shape index (κ1) is 30.3. The Bertz CT molecular complexity index is 963. The molecule has 2 aromatic rings. The summed E-state index contributed by atoms with van der Waals surface area (Å²) in [6.07, 6.45) is 4.88. The first-order valence-electron chi connectivity index (χ1n) is 14.1. The number of nitrogens with one attached hydrogen (secondary N) is 1. The van der Waals surface area contributed by atoms with Crippen LogP contribution in [0.5, 0.6) is 0 Å². The number of hydrogen-bond donors (Lipinski definition) is 3. The minimum atomic E-state index is -1.06. The molecule has 1 aliphatic carbocycles. The molecule has 1 aliphatic rings. The zero-order chi connectivity index (χ0) is 27.5. The van der Waals surface area contributed by atoms with Gasteiger partial charge in [-0.1, -0.05) is 76.3 Å². The standard InChI is InChI=1S/C30H45N3O4S/c1-21(2)16-27(34)30(37)26(17-23-10-6-4-7-11-23)33(18-25-19-38-20-31-25)29(36)15-14-28(35)32-22(3)24-12-8-5-9-13-24/h5,8-9,12-13,19-23,26-27,30,34,37H,4,6-7,10-11,14-18H2,1-3H3,(H,32,35)/t22-,26-,27-,30+/m0/s1. The van der Waals surface area contributed by atoms with Crippen molar-refractivity contribution in [3.8, 4) is 0 Å². The van der Waals surface area contributed by atoms with Crippen LogP contribution < -0.4 is 5.32 Å². The molecule has 1 heterocycles. The molecule has 210 valence electrons. The number of amides is 2. The van der Waals surface area contributed by atoms with E-state index in [0.29, 0.717) is 18.8 Å². The van der Waals surface area contributed by atoms with Gasteiger partial charge in [-0.25, -0.2) is 4.98 Å². The van der Waals surface area contributed by atoms with Crippen LogP contribution in [0.3, 0.4) is 0 Å². The molecule has 0 saturated heterocycles. The van der Waals surface area contributed by atoms with Crippen molar-refractivity contribution in [1.82, 2.24) is 15.2 Å². The van der Waals surface area contributed by atoms with Crippen molar-refractivity contribution in [2.75, 3.05) is 0 Å². The van der Waals surface area contributed by atoms with E-state index in [0.717, 1.165) is 36.9 Å². The quantitative estimate of drug-likeness (QED) is 0.303. The fourth-order valence-corrected chi connectivity index (χ4v) is 6.03. The number of benzene rings is 1. The molecule has 7 nitrogen and oxygen atoms in total. The van der Waals surface area contributed by atoms with Gasteiger partial charge < -0.3 is 20.4 Å². The molecule has 0 aliphatic heterocycles. The SMILES string of the molecule is CC(C)C[C@H](O)[C@H](O)[C@H](CC1CCCCC1)N(Cc1cscn1)C(=O)CCC(=O)N[C@@H](C)c1ccccc1. The number of thiazole rings is 1. The Morgan fingerprint density at radius 2 is 1.79 bits per heavy atom. The van der Waals surface area contributed by atoms with E-state index in [2.05, 4.69) is 10.3 Å². The largest absolute Gasteiger partial charge is 0.390 e. The molecule has 0 spiro atoms. The van der Waals surface area contributed by atoms with Crippen LogP contribution in [-0.4, -0.2) is 50.2 Å². The highest BCUT2D eigenvalue weighted by Crippen LogP contribution is 2.32. The van der Waals surface area contributed by atoms with Gasteiger partial charge >= 0.3 is 0 Å². The number of hydrogen-bond acceptors (Lipinski definition) is 6. The lowest BCUT2D eigenvalue weighted by Gasteiger charge is -2.39. The maximum absolute atomic E-state index is 13.7. The Kier molecular flexibility index (Phi) is 12.2. The summed E-state index contributed by atoms with van der Waals surface area (Å²) < 4.78 is 0. The third kappa shape index (κ3) is 9.47. The van der Waals surface area contributed by atoms with E-state index >= 15 is 0 Å². The molecule has 0 unspecified atom stereocenters. The molecule has 1 fully saturated rings. The third-order valence-electron chi connectivity index (χ3n) is 7.58. The maximum atomic E-state index is 13.7. The van der Waals surface area contributed by atoms with Crippen molar-refractivity contribution >= 4 is 23.2 Å². The van der Waals surface area contributed by atoms with E-state index in [4.69, 9.17) is 0 Å². The summed E-state index contributed by atoms with van der Waals surface area (Å²) in [5.41, 5.74) is 3.49. The number of aliphatic hydroxyl groups is 2. The monoisotopic (exact) mass is 543 g/mol. The second-order valence-electron chi connectivity index (χ2n) is 11.2. The third-order valence-corrected chi connectivity index (χ3v) is 8.22. The van der Waals surface area contributed by atoms with Crippen LogP contribution in [0.25, 0.3) is 0 Å². The van der Waals surface area contributed by atoms with Crippen molar-refractivity contribution in [3.05, 3.63) is 52.5 Å². The second-order valence-corrected chi connectivity index (χ2v) is 11.9. The molecule has 2 amide bonds. The Morgan fingerprint density at radius 3 is 2.42 bits per heavy atom. The highest BCUT2D eigenvalue weighted by atomic mass is 32.1. The van der Waals surface area contributed by atoms with Gasteiger partial charge in [-0.2, -0.15) is 0 Å². The van der Waals surface area contributed by atoms with Crippen molar-refractivity contribution in [3.63, 3.8) is 0 Å². The number of carbonyl (C=O) groups excluding carboxylic acids is 2. The van der Waals surface area contributed by atoms with Crippen LogP contribution in [0.15, 0.2) is 41.2 Å². The van der Waals surface area contributed by atoms with Crippen molar-refractivity contribution in [2.45, 2.75) is 109 Å². The van der Waals surface area contributed by atoms with E-state index in [1.165, 1.54) is 17.8 Å². The molecule has 1 saturated carbocycles. The van der Waals surface area contributed by atoms with Crippen molar-refractivity contribution < 1.29 is 19.8 Å².